The molecule has 3 N–H and O–H groups in total. The third-order valence-electron chi connectivity index (χ3n) is 7.23. The first-order chi connectivity index (χ1) is 18.1. The zero-order valence-corrected chi connectivity index (χ0v) is 21.3. The number of aromatic nitrogens is 3. The molecule has 0 fully saturated rings. The van der Waals surface area contributed by atoms with Crippen molar-refractivity contribution in [1.29, 1.82) is 0 Å². The van der Waals surface area contributed by atoms with Crippen molar-refractivity contribution in [3.8, 4) is 5.75 Å². The fraction of sp³-hybridized carbons (Fsp3) is 0.310. The first kappa shape index (κ1) is 24.8. The van der Waals surface area contributed by atoms with E-state index in [1.807, 2.05) is 29.1 Å². The predicted octanol–water partition coefficient (Wildman–Crippen LogP) is 4.64. The number of benzene rings is 2. The molecule has 1 unspecified atom stereocenters. The van der Waals surface area contributed by atoms with Crippen molar-refractivity contribution in [2.45, 2.75) is 45.3 Å². The topological polar surface area (TPSA) is 95.4 Å². The second-order valence-electron chi connectivity index (χ2n) is 9.47. The van der Waals surface area contributed by atoms with Crippen LogP contribution in [0.15, 0.2) is 61.1 Å². The van der Waals surface area contributed by atoms with Crippen molar-refractivity contribution in [2.24, 2.45) is 0 Å². The Bertz CT molecular complexity index is 1420. The smallest absolute Gasteiger partial charge is 0.267 e. The van der Waals surface area contributed by atoms with Crippen LogP contribution in [0, 0.1) is 0 Å². The van der Waals surface area contributed by atoms with Gasteiger partial charge >= 0.3 is 0 Å². The van der Waals surface area contributed by atoms with E-state index < -0.39 is 5.91 Å². The molecule has 0 spiro atoms. The lowest BCUT2D eigenvalue weighted by Crippen LogP contribution is -2.29. The molecule has 2 heterocycles. The highest BCUT2D eigenvalue weighted by atomic mass is 16.5. The number of aromatic amines is 1. The summed E-state index contributed by atoms with van der Waals surface area (Å²) in [6.45, 7) is 4.71. The lowest BCUT2D eigenvalue weighted by molar-refractivity contribution is -0.124. The largest absolute Gasteiger partial charge is 0.497 e. The maximum atomic E-state index is 11.4. The Balaban J connectivity index is 1.38. The van der Waals surface area contributed by atoms with Crippen LogP contribution in [0.25, 0.3) is 17.0 Å². The van der Waals surface area contributed by atoms with Crippen LogP contribution in [0.3, 0.4) is 0 Å². The van der Waals surface area contributed by atoms with Crippen LogP contribution in [0.4, 0.5) is 0 Å². The molecular formula is C29H33N5O3. The molecule has 8 heteroatoms. The quantitative estimate of drug-likeness (QED) is 0.168. The average Bonchev–Trinajstić information content (AvgIpc) is 3.67. The molecule has 1 amide bonds. The zero-order valence-electron chi connectivity index (χ0n) is 21.3. The van der Waals surface area contributed by atoms with Gasteiger partial charge in [0.15, 0.2) is 0 Å². The summed E-state index contributed by atoms with van der Waals surface area (Å²) in [5.74, 6) is 0.317. The second kappa shape index (κ2) is 11.0. The summed E-state index contributed by atoms with van der Waals surface area (Å²) in [5.41, 5.74) is 8.84. The number of carbonyl (C=O) groups is 1. The number of H-pyrrole nitrogens is 1. The summed E-state index contributed by atoms with van der Waals surface area (Å²) in [7, 11) is 1.69. The Morgan fingerprint density at radius 3 is 3.00 bits per heavy atom. The van der Waals surface area contributed by atoms with E-state index in [1.165, 1.54) is 33.7 Å². The third kappa shape index (κ3) is 5.45. The fourth-order valence-corrected chi connectivity index (χ4v) is 5.31. The van der Waals surface area contributed by atoms with Crippen molar-refractivity contribution < 1.29 is 14.7 Å². The van der Waals surface area contributed by atoms with E-state index in [4.69, 9.17) is 9.94 Å². The van der Waals surface area contributed by atoms with E-state index in [0.29, 0.717) is 6.04 Å². The van der Waals surface area contributed by atoms with Gasteiger partial charge in [-0.05, 0) is 66.6 Å². The maximum absolute atomic E-state index is 11.4. The molecule has 0 saturated heterocycles. The number of nitrogens with zero attached hydrogens (tertiary/aromatic N) is 3. The van der Waals surface area contributed by atoms with Gasteiger partial charge in [0.2, 0.25) is 0 Å². The van der Waals surface area contributed by atoms with Crippen molar-refractivity contribution in [1.82, 2.24) is 25.1 Å². The number of fused-ring (bicyclic) bond motifs is 2. The Kier molecular flexibility index (Phi) is 7.39. The van der Waals surface area contributed by atoms with Crippen molar-refractivity contribution >= 4 is 22.9 Å². The molecule has 2 aromatic carbocycles. The standard InChI is InChI=1S/C29H33N5O3/c1-3-34-19-21(16-31-34)18-33(13-12-23-17-30-27-15-24(37-2)7-9-25(23)27)28-10-6-22-14-20(4-8-26(22)28)5-11-29(35)32-36/h4-5,7-9,11,14-17,19,28,30,36H,3,6,10,12-13,18H2,1-2H3,(H,32,35)/b11-5+. The van der Waals surface area contributed by atoms with Crippen LogP contribution in [-0.2, 0) is 30.7 Å². The van der Waals surface area contributed by atoms with Gasteiger partial charge < -0.3 is 9.72 Å². The molecule has 5 rings (SSSR count). The molecule has 37 heavy (non-hydrogen) atoms. The number of rotatable bonds is 10. The highest BCUT2D eigenvalue weighted by Crippen LogP contribution is 2.37. The Labute approximate surface area is 216 Å². The molecule has 1 atom stereocenters. The lowest BCUT2D eigenvalue weighted by Gasteiger charge is -2.29. The maximum Gasteiger partial charge on any atom is 0.267 e. The Hall–Kier alpha value is -3.88. The number of hydrogen-bond acceptors (Lipinski definition) is 5. The molecule has 1 aliphatic carbocycles. The van der Waals surface area contributed by atoms with Crippen LogP contribution in [-0.4, -0.2) is 44.4 Å². The van der Waals surface area contributed by atoms with Gasteiger partial charge in [-0.25, -0.2) is 5.48 Å². The van der Waals surface area contributed by atoms with E-state index >= 15 is 0 Å². The van der Waals surface area contributed by atoms with Crippen LogP contribution in [0.5, 0.6) is 5.75 Å². The summed E-state index contributed by atoms with van der Waals surface area (Å²) < 4.78 is 7.35. The highest BCUT2D eigenvalue weighted by molar-refractivity contribution is 5.90. The van der Waals surface area contributed by atoms with Gasteiger partial charge in [-0.15, -0.1) is 0 Å². The minimum Gasteiger partial charge on any atom is -0.497 e. The summed E-state index contributed by atoms with van der Waals surface area (Å²) in [5, 5.41) is 14.5. The summed E-state index contributed by atoms with van der Waals surface area (Å²) in [4.78, 5) is 17.3. The average molecular weight is 500 g/mol. The van der Waals surface area contributed by atoms with E-state index in [0.717, 1.165) is 55.7 Å². The lowest BCUT2D eigenvalue weighted by atomic mass is 10.0. The third-order valence-corrected chi connectivity index (χ3v) is 7.23. The van der Waals surface area contributed by atoms with Crippen molar-refractivity contribution in [2.75, 3.05) is 13.7 Å². The number of carbonyl (C=O) groups excluding carboxylic acids is 1. The van der Waals surface area contributed by atoms with Gasteiger partial charge in [-0.1, -0.05) is 18.2 Å². The number of nitrogens with one attached hydrogen (secondary N) is 2. The molecule has 0 aliphatic heterocycles. The minimum atomic E-state index is -0.534. The predicted molar refractivity (Wildman–Crippen MR) is 143 cm³/mol. The first-order valence-corrected chi connectivity index (χ1v) is 12.7. The number of methoxy groups -OCH3 is 1. The normalized spacial score (nSPS) is 15.1. The molecule has 0 radical (unpaired) electrons. The second-order valence-corrected chi connectivity index (χ2v) is 9.47. The summed E-state index contributed by atoms with van der Waals surface area (Å²) >= 11 is 0. The van der Waals surface area contributed by atoms with E-state index in [1.54, 1.807) is 18.7 Å². The fourth-order valence-electron chi connectivity index (χ4n) is 5.31. The van der Waals surface area contributed by atoms with E-state index in [2.05, 4.69) is 52.5 Å². The first-order valence-electron chi connectivity index (χ1n) is 12.7. The van der Waals surface area contributed by atoms with Crippen LogP contribution in [0.1, 0.15) is 47.2 Å². The SMILES string of the molecule is CCn1cc(CN(CCc2c[nH]c3cc(OC)ccc23)C2CCc3cc(/C=C/C(=O)NO)ccc32)cn1. The summed E-state index contributed by atoms with van der Waals surface area (Å²) in [6, 6.07) is 12.9. The molecule has 192 valence electrons. The number of hydrogen-bond donors (Lipinski definition) is 3. The van der Waals surface area contributed by atoms with E-state index in [-0.39, 0.29) is 0 Å². The van der Waals surface area contributed by atoms with Gasteiger partial charge in [-0.3, -0.25) is 19.6 Å². The van der Waals surface area contributed by atoms with E-state index in [9.17, 15) is 4.79 Å². The molecule has 0 saturated carbocycles. The van der Waals surface area contributed by atoms with Gasteiger partial charge in [0.05, 0.1) is 13.3 Å². The highest BCUT2D eigenvalue weighted by Gasteiger charge is 2.28. The Morgan fingerprint density at radius 2 is 2.22 bits per heavy atom. The van der Waals surface area contributed by atoms with Crippen LogP contribution >= 0.6 is 0 Å². The molecule has 1 aliphatic rings. The van der Waals surface area contributed by atoms with Gasteiger partial charge in [0.25, 0.3) is 5.91 Å². The molecule has 0 bridgehead atoms. The zero-order chi connectivity index (χ0) is 25.8. The van der Waals surface area contributed by atoms with Crippen molar-refractivity contribution in [3.05, 3.63) is 88.9 Å². The van der Waals surface area contributed by atoms with Gasteiger partial charge in [0.1, 0.15) is 5.75 Å². The monoisotopic (exact) mass is 499 g/mol. The molecular weight excluding hydrogens is 466 g/mol. The number of hydroxylamine groups is 1. The van der Waals surface area contributed by atoms with Crippen LogP contribution < -0.4 is 10.2 Å². The van der Waals surface area contributed by atoms with Gasteiger partial charge in [-0.2, -0.15) is 5.10 Å². The van der Waals surface area contributed by atoms with Crippen molar-refractivity contribution in [3.63, 3.8) is 0 Å². The van der Waals surface area contributed by atoms with Crippen LogP contribution in [0.2, 0.25) is 0 Å². The number of ether oxygens (including phenoxy) is 1. The number of aryl methyl sites for hydroxylation is 2. The Morgan fingerprint density at radius 1 is 1.32 bits per heavy atom. The minimum absolute atomic E-state index is 0.309. The molecule has 4 aromatic rings. The van der Waals surface area contributed by atoms with Gasteiger partial charge in [0, 0.05) is 66.7 Å². The summed E-state index contributed by atoms with van der Waals surface area (Å²) in [6.07, 6.45) is 12.3. The number of amides is 1. The molecule has 2 aromatic heterocycles. The molecule has 8 nitrogen and oxygen atoms in total.